The molecular formula is C24H17N3O2S. The van der Waals surface area contributed by atoms with Crippen molar-refractivity contribution < 1.29 is 9.21 Å². The van der Waals surface area contributed by atoms with Gasteiger partial charge in [-0.05, 0) is 39.7 Å². The minimum Gasteiger partial charge on any atom is -0.431 e. The van der Waals surface area contributed by atoms with E-state index in [0.717, 1.165) is 32.6 Å². The second kappa shape index (κ2) is 8.00. The third-order valence-corrected chi connectivity index (χ3v) is 5.62. The Hall–Kier alpha value is -3.64. The summed E-state index contributed by atoms with van der Waals surface area (Å²) >= 11 is 1.24. The Kier molecular flexibility index (Phi) is 4.91. The number of rotatable bonds is 5. The van der Waals surface area contributed by atoms with Crippen molar-refractivity contribution in [2.75, 3.05) is 5.75 Å². The zero-order valence-electron chi connectivity index (χ0n) is 15.9. The van der Waals surface area contributed by atoms with Crippen LogP contribution in [0.25, 0.3) is 32.6 Å². The molecule has 0 saturated carbocycles. The minimum atomic E-state index is -0.219. The van der Waals surface area contributed by atoms with Crippen molar-refractivity contribution in [3.63, 3.8) is 0 Å². The Balaban J connectivity index is 1.32. The van der Waals surface area contributed by atoms with E-state index in [-0.39, 0.29) is 11.7 Å². The van der Waals surface area contributed by atoms with Crippen molar-refractivity contribution in [3.05, 3.63) is 84.4 Å². The fourth-order valence-electron chi connectivity index (χ4n) is 3.43. The lowest BCUT2D eigenvalue weighted by Crippen LogP contribution is -2.19. The van der Waals surface area contributed by atoms with Gasteiger partial charge in [-0.15, -0.1) is 0 Å². The van der Waals surface area contributed by atoms with Gasteiger partial charge in [0, 0.05) is 5.56 Å². The molecule has 6 heteroatoms. The number of carbonyl (C=O) groups is 1. The van der Waals surface area contributed by atoms with Gasteiger partial charge in [-0.2, -0.15) is 5.10 Å². The van der Waals surface area contributed by atoms with Crippen molar-refractivity contribution in [3.8, 4) is 0 Å². The summed E-state index contributed by atoms with van der Waals surface area (Å²) in [6.07, 6.45) is 1.71. The molecule has 0 aliphatic carbocycles. The summed E-state index contributed by atoms with van der Waals surface area (Å²) in [5.74, 6) is -0.0523. The Labute approximate surface area is 176 Å². The van der Waals surface area contributed by atoms with Gasteiger partial charge in [0.1, 0.15) is 5.52 Å². The number of nitrogens with zero attached hydrogens (tertiary/aromatic N) is 2. The van der Waals surface area contributed by atoms with Gasteiger partial charge in [-0.1, -0.05) is 72.4 Å². The highest BCUT2D eigenvalue weighted by Gasteiger charge is 2.09. The molecule has 0 unspecified atom stereocenters. The lowest BCUT2D eigenvalue weighted by atomic mass is 9.97. The van der Waals surface area contributed by atoms with E-state index in [1.54, 1.807) is 6.21 Å². The molecule has 0 radical (unpaired) electrons. The van der Waals surface area contributed by atoms with Crippen LogP contribution in [0.3, 0.4) is 0 Å². The molecule has 0 spiro atoms. The standard InChI is InChI=1S/C24H17N3O2S/c28-23(15-30-24-26-21-11-5-6-12-22(21)29-24)27-25-14-20-18-9-3-1-7-16(18)13-17-8-2-4-10-19(17)20/h1-14H,15H2,(H,27,28). The second-order valence-corrected chi connectivity index (χ2v) is 7.69. The third-order valence-electron chi connectivity index (χ3n) is 4.80. The van der Waals surface area contributed by atoms with E-state index in [9.17, 15) is 4.79 Å². The maximum Gasteiger partial charge on any atom is 0.257 e. The van der Waals surface area contributed by atoms with Crippen molar-refractivity contribution in [1.82, 2.24) is 10.4 Å². The normalized spacial score (nSPS) is 11.6. The van der Waals surface area contributed by atoms with Gasteiger partial charge >= 0.3 is 0 Å². The summed E-state index contributed by atoms with van der Waals surface area (Å²) < 4.78 is 5.62. The van der Waals surface area contributed by atoms with Crippen LogP contribution in [0.15, 0.2) is 93.6 Å². The maximum absolute atomic E-state index is 12.2. The first-order valence-corrected chi connectivity index (χ1v) is 10.5. The number of amides is 1. The number of hydrazone groups is 1. The molecule has 0 aliphatic heterocycles. The summed E-state index contributed by atoms with van der Waals surface area (Å²) in [5, 5.41) is 9.13. The van der Waals surface area contributed by atoms with Gasteiger partial charge in [0.15, 0.2) is 5.58 Å². The molecule has 1 amide bonds. The van der Waals surface area contributed by atoms with Crippen LogP contribution in [0.1, 0.15) is 5.56 Å². The van der Waals surface area contributed by atoms with E-state index in [1.807, 2.05) is 48.5 Å². The van der Waals surface area contributed by atoms with E-state index in [4.69, 9.17) is 4.42 Å². The molecule has 0 saturated heterocycles. The van der Waals surface area contributed by atoms with Crippen LogP contribution in [0.5, 0.6) is 0 Å². The SMILES string of the molecule is O=C(CSc1nc2ccccc2o1)NN=Cc1c2ccccc2cc2ccccc12. The van der Waals surface area contributed by atoms with E-state index in [0.29, 0.717) is 10.8 Å². The molecule has 1 N–H and O–H groups in total. The second-order valence-electron chi connectivity index (χ2n) is 6.76. The van der Waals surface area contributed by atoms with Crippen molar-refractivity contribution in [1.29, 1.82) is 0 Å². The Morgan fingerprint density at radius 1 is 0.967 bits per heavy atom. The van der Waals surface area contributed by atoms with Crippen LogP contribution >= 0.6 is 11.8 Å². The van der Waals surface area contributed by atoms with E-state index >= 15 is 0 Å². The number of oxazole rings is 1. The van der Waals surface area contributed by atoms with Gasteiger partial charge < -0.3 is 4.42 Å². The molecule has 5 aromatic rings. The van der Waals surface area contributed by atoms with Crippen LogP contribution < -0.4 is 5.43 Å². The third kappa shape index (κ3) is 3.65. The van der Waals surface area contributed by atoms with Gasteiger partial charge in [0.05, 0.1) is 12.0 Å². The monoisotopic (exact) mass is 411 g/mol. The molecule has 1 aromatic heterocycles. The number of aromatic nitrogens is 1. The predicted octanol–water partition coefficient (Wildman–Crippen LogP) is 5.38. The largest absolute Gasteiger partial charge is 0.431 e. The fraction of sp³-hybridized carbons (Fsp3) is 0.0417. The highest BCUT2D eigenvalue weighted by molar-refractivity contribution is 7.99. The summed E-state index contributed by atoms with van der Waals surface area (Å²) in [7, 11) is 0. The number of benzene rings is 4. The molecule has 5 nitrogen and oxygen atoms in total. The summed E-state index contributed by atoms with van der Waals surface area (Å²) in [4.78, 5) is 16.6. The van der Waals surface area contributed by atoms with E-state index < -0.39 is 0 Å². The van der Waals surface area contributed by atoms with Gasteiger partial charge in [-0.3, -0.25) is 4.79 Å². The molecule has 5 rings (SSSR count). The maximum atomic E-state index is 12.2. The number of fused-ring (bicyclic) bond motifs is 3. The van der Waals surface area contributed by atoms with Gasteiger partial charge in [0.2, 0.25) is 0 Å². The molecule has 0 aliphatic rings. The predicted molar refractivity (Wildman–Crippen MR) is 122 cm³/mol. The van der Waals surface area contributed by atoms with Crippen LogP contribution in [0.2, 0.25) is 0 Å². The molecular weight excluding hydrogens is 394 g/mol. The number of carbonyl (C=O) groups excluding carboxylic acids is 1. The summed E-state index contributed by atoms with van der Waals surface area (Å²) in [6, 6.07) is 26.0. The van der Waals surface area contributed by atoms with Crippen molar-refractivity contribution in [2.24, 2.45) is 5.10 Å². The first-order chi connectivity index (χ1) is 14.8. The van der Waals surface area contributed by atoms with Crippen LogP contribution in [-0.2, 0) is 4.79 Å². The minimum absolute atomic E-state index is 0.167. The van der Waals surface area contributed by atoms with Crippen molar-refractivity contribution in [2.45, 2.75) is 5.22 Å². The molecule has 146 valence electrons. The molecule has 4 aromatic carbocycles. The zero-order chi connectivity index (χ0) is 20.3. The average molecular weight is 411 g/mol. The molecule has 1 heterocycles. The zero-order valence-corrected chi connectivity index (χ0v) is 16.7. The van der Waals surface area contributed by atoms with Gasteiger partial charge in [-0.25, -0.2) is 10.4 Å². The Morgan fingerprint density at radius 3 is 2.37 bits per heavy atom. The highest BCUT2D eigenvalue weighted by Crippen LogP contribution is 2.27. The van der Waals surface area contributed by atoms with Crippen LogP contribution in [-0.4, -0.2) is 22.9 Å². The number of thioether (sulfide) groups is 1. The summed E-state index contributed by atoms with van der Waals surface area (Å²) in [6.45, 7) is 0. The topological polar surface area (TPSA) is 67.5 Å². The Morgan fingerprint density at radius 2 is 1.63 bits per heavy atom. The number of hydrogen-bond donors (Lipinski definition) is 1. The van der Waals surface area contributed by atoms with Crippen LogP contribution in [0.4, 0.5) is 0 Å². The Bertz CT molecular complexity index is 1320. The van der Waals surface area contributed by atoms with E-state index in [2.05, 4.69) is 45.8 Å². The number of para-hydroxylation sites is 2. The smallest absolute Gasteiger partial charge is 0.257 e. The highest BCUT2D eigenvalue weighted by atomic mass is 32.2. The molecule has 0 atom stereocenters. The number of hydrogen-bond acceptors (Lipinski definition) is 5. The van der Waals surface area contributed by atoms with Crippen molar-refractivity contribution >= 4 is 56.5 Å². The molecule has 0 fully saturated rings. The number of nitrogens with one attached hydrogen (secondary N) is 1. The summed E-state index contributed by atoms with van der Waals surface area (Å²) in [5.41, 5.74) is 5.08. The molecule has 30 heavy (non-hydrogen) atoms. The quantitative estimate of drug-likeness (QED) is 0.183. The fourth-order valence-corrected chi connectivity index (χ4v) is 4.06. The van der Waals surface area contributed by atoms with E-state index in [1.165, 1.54) is 11.8 Å². The molecule has 0 bridgehead atoms. The lowest BCUT2D eigenvalue weighted by molar-refractivity contribution is -0.118. The first kappa shape index (κ1) is 18.4. The lowest BCUT2D eigenvalue weighted by Gasteiger charge is -2.07. The van der Waals surface area contributed by atoms with Crippen LogP contribution in [0, 0.1) is 0 Å². The average Bonchev–Trinajstić information content (AvgIpc) is 3.20. The first-order valence-electron chi connectivity index (χ1n) is 9.49. The van der Waals surface area contributed by atoms with Gasteiger partial charge in [0.25, 0.3) is 11.1 Å².